The van der Waals surface area contributed by atoms with Crippen molar-refractivity contribution in [2.45, 2.75) is 0 Å². The van der Waals surface area contributed by atoms with Crippen LogP contribution in [0.1, 0.15) is 0 Å². The van der Waals surface area contributed by atoms with E-state index in [1.807, 2.05) is 66.9 Å². The molecule has 1 heterocycles. The number of hydrogen-bond acceptors (Lipinski definition) is 4. The van der Waals surface area contributed by atoms with Crippen molar-refractivity contribution in [3.63, 3.8) is 0 Å². The average molecular weight is 353 g/mol. The fourth-order valence-corrected chi connectivity index (χ4v) is 2.34. The second kappa shape index (κ2) is 6.95. The van der Waals surface area contributed by atoms with E-state index in [2.05, 4.69) is 35.7 Å². The van der Waals surface area contributed by atoms with Crippen LogP contribution in [0.3, 0.4) is 0 Å². The number of nitrogens with zero attached hydrogens (tertiary/aromatic N) is 3. The number of anilines is 1. The van der Waals surface area contributed by atoms with Crippen LogP contribution in [-0.4, -0.2) is 4.98 Å². The lowest BCUT2D eigenvalue weighted by Gasteiger charge is -2.02. The van der Waals surface area contributed by atoms with E-state index in [1.165, 1.54) is 0 Å². The Hall–Kier alpha value is -2.53. The Balaban J connectivity index is 1.80. The smallest absolute Gasteiger partial charge is 0.110 e. The number of nitrogens with one attached hydrogen (secondary N) is 1. The maximum Gasteiger partial charge on any atom is 0.110 e. The lowest BCUT2D eigenvalue weighted by atomic mass is 10.1. The molecule has 2 aromatic carbocycles. The van der Waals surface area contributed by atoms with E-state index in [1.54, 1.807) is 6.20 Å². The Bertz CT molecular complexity index is 770. The van der Waals surface area contributed by atoms with Gasteiger partial charge in [0.15, 0.2) is 0 Å². The minimum Gasteiger partial charge on any atom is -0.320 e. The SMILES string of the molecule is BrNc1ccccc1N=Nc1ccc(-c2cccnc2)cc1. The van der Waals surface area contributed by atoms with Crippen molar-refractivity contribution in [1.82, 2.24) is 4.98 Å². The normalized spacial score (nSPS) is 10.8. The van der Waals surface area contributed by atoms with E-state index in [0.29, 0.717) is 0 Å². The molecule has 0 bridgehead atoms. The van der Waals surface area contributed by atoms with Gasteiger partial charge in [0.1, 0.15) is 5.69 Å². The Morgan fingerprint density at radius 1 is 0.818 bits per heavy atom. The van der Waals surface area contributed by atoms with Crippen LogP contribution < -0.4 is 4.34 Å². The van der Waals surface area contributed by atoms with Gasteiger partial charge in [-0.15, -0.1) is 5.11 Å². The van der Waals surface area contributed by atoms with E-state index in [4.69, 9.17) is 0 Å². The van der Waals surface area contributed by atoms with Crippen molar-refractivity contribution in [2.24, 2.45) is 10.2 Å². The Morgan fingerprint density at radius 2 is 1.64 bits per heavy atom. The van der Waals surface area contributed by atoms with Crippen molar-refractivity contribution in [1.29, 1.82) is 0 Å². The highest BCUT2D eigenvalue weighted by Crippen LogP contribution is 2.28. The van der Waals surface area contributed by atoms with Crippen LogP contribution in [0.25, 0.3) is 11.1 Å². The summed E-state index contributed by atoms with van der Waals surface area (Å²) < 4.78 is 2.91. The zero-order valence-electron chi connectivity index (χ0n) is 11.6. The molecule has 3 rings (SSSR count). The number of rotatable bonds is 4. The maximum absolute atomic E-state index is 4.27. The highest BCUT2D eigenvalue weighted by molar-refractivity contribution is 9.10. The lowest BCUT2D eigenvalue weighted by molar-refractivity contribution is 1.23. The largest absolute Gasteiger partial charge is 0.320 e. The van der Waals surface area contributed by atoms with Crippen LogP contribution in [0.5, 0.6) is 0 Å². The molecule has 0 aliphatic carbocycles. The summed E-state index contributed by atoms with van der Waals surface area (Å²) in [6.45, 7) is 0. The quantitative estimate of drug-likeness (QED) is 0.470. The third-order valence-electron chi connectivity index (χ3n) is 3.14. The first-order chi connectivity index (χ1) is 10.9. The number of pyridine rings is 1. The number of aromatic nitrogens is 1. The van der Waals surface area contributed by atoms with Crippen molar-refractivity contribution < 1.29 is 0 Å². The van der Waals surface area contributed by atoms with Gasteiger partial charge in [-0.3, -0.25) is 4.98 Å². The summed E-state index contributed by atoms with van der Waals surface area (Å²) in [5.74, 6) is 0. The highest BCUT2D eigenvalue weighted by Gasteiger charge is 1.99. The summed E-state index contributed by atoms with van der Waals surface area (Å²) in [5, 5.41) is 8.54. The summed E-state index contributed by atoms with van der Waals surface area (Å²) >= 11 is 3.21. The molecule has 0 spiro atoms. The van der Waals surface area contributed by atoms with Gasteiger partial charge in [0, 0.05) is 28.5 Å². The summed E-state index contributed by atoms with van der Waals surface area (Å²) in [6.07, 6.45) is 3.61. The van der Waals surface area contributed by atoms with E-state index < -0.39 is 0 Å². The summed E-state index contributed by atoms with van der Waals surface area (Å²) in [5.41, 5.74) is 4.64. The molecule has 1 aromatic heterocycles. The predicted octanol–water partition coefficient (Wildman–Crippen LogP) is 5.89. The van der Waals surface area contributed by atoms with Crippen LogP contribution in [0.15, 0.2) is 83.3 Å². The molecule has 0 saturated heterocycles. The molecule has 0 saturated carbocycles. The third-order valence-corrected chi connectivity index (χ3v) is 3.57. The zero-order valence-corrected chi connectivity index (χ0v) is 13.2. The topological polar surface area (TPSA) is 49.6 Å². The molecular weight excluding hydrogens is 340 g/mol. The first-order valence-electron chi connectivity index (χ1n) is 6.75. The zero-order chi connectivity index (χ0) is 15.2. The number of para-hydroxylation sites is 1. The lowest BCUT2D eigenvalue weighted by Crippen LogP contribution is -1.79. The molecule has 0 aliphatic heterocycles. The second-order valence-corrected chi connectivity index (χ2v) is 5.00. The average Bonchev–Trinajstić information content (AvgIpc) is 2.61. The van der Waals surface area contributed by atoms with Crippen LogP contribution >= 0.6 is 16.1 Å². The van der Waals surface area contributed by atoms with Crippen molar-refractivity contribution in [2.75, 3.05) is 4.34 Å². The molecule has 0 fully saturated rings. The van der Waals surface area contributed by atoms with E-state index in [-0.39, 0.29) is 0 Å². The van der Waals surface area contributed by atoms with E-state index in [9.17, 15) is 0 Å². The van der Waals surface area contributed by atoms with Gasteiger partial charge in [-0.2, -0.15) is 5.11 Å². The standard InChI is InChI=1S/C17H13BrN4/c18-20-16-5-1-2-6-17(16)22-21-15-9-7-13(8-10-15)14-4-3-11-19-12-14/h1-12,20H. The number of azo groups is 1. The van der Waals surface area contributed by atoms with Gasteiger partial charge in [-0.05, 0) is 41.5 Å². The van der Waals surface area contributed by atoms with Crippen LogP contribution in [0.4, 0.5) is 17.1 Å². The summed E-state index contributed by atoms with van der Waals surface area (Å²) in [7, 11) is 0. The first kappa shape index (κ1) is 14.4. The number of halogens is 1. The Labute approximate surface area is 137 Å². The molecule has 0 aliphatic rings. The second-order valence-electron chi connectivity index (χ2n) is 4.60. The van der Waals surface area contributed by atoms with Crippen LogP contribution in [-0.2, 0) is 0 Å². The summed E-state index contributed by atoms with van der Waals surface area (Å²) in [4.78, 5) is 4.13. The molecule has 4 nitrogen and oxygen atoms in total. The maximum atomic E-state index is 4.27. The molecule has 108 valence electrons. The Morgan fingerprint density at radius 3 is 2.36 bits per heavy atom. The number of benzene rings is 2. The molecule has 22 heavy (non-hydrogen) atoms. The molecule has 0 amide bonds. The fourth-order valence-electron chi connectivity index (χ4n) is 2.01. The molecular formula is C17H13BrN4. The minimum absolute atomic E-state index is 0.774. The van der Waals surface area contributed by atoms with Crippen LogP contribution in [0, 0.1) is 0 Å². The van der Waals surface area contributed by atoms with Crippen molar-refractivity contribution in [3.05, 3.63) is 73.1 Å². The molecule has 0 atom stereocenters. The van der Waals surface area contributed by atoms with E-state index in [0.717, 1.165) is 28.2 Å². The van der Waals surface area contributed by atoms with Gasteiger partial charge in [-0.1, -0.05) is 30.3 Å². The molecule has 0 unspecified atom stereocenters. The molecule has 0 radical (unpaired) electrons. The predicted molar refractivity (Wildman–Crippen MR) is 92.8 cm³/mol. The molecule has 5 heteroatoms. The van der Waals surface area contributed by atoms with Gasteiger partial charge < -0.3 is 4.34 Å². The van der Waals surface area contributed by atoms with Crippen LogP contribution in [0.2, 0.25) is 0 Å². The van der Waals surface area contributed by atoms with Gasteiger partial charge >= 0.3 is 0 Å². The molecule has 3 aromatic rings. The van der Waals surface area contributed by atoms with Gasteiger partial charge in [0.2, 0.25) is 0 Å². The third kappa shape index (κ3) is 3.38. The van der Waals surface area contributed by atoms with Gasteiger partial charge in [0.05, 0.1) is 11.4 Å². The van der Waals surface area contributed by atoms with Crippen molar-refractivity contribution in [3.8, 4) is 11.1 Å². The van der Waals surface area contributed by atoms with E-state index >= 15 is 0 Å². The highest BCUT2D eigenvalue weighted by atomic mass is 79.9. The summed E-state index contributed by atoms with van der Waals surface area (Å²) in [6, 6.07) is 19.5. The Kier molecular flexibility index (Phi) is 4.56. The minimum atomic E-state index is 0.774. The fraction of sp³-hybridized carbons (Fsp3) is 0. The van der Waals surface area contributed by atoms with Gasteiger partial charge in [0.25, 0.3) is 0 Å². The number of hydrogen-bond donors (Lipinski definition) is 1. The monoisotopic (exact) mass is 352 g/mol. The molecule has 1 N–H and O–H groups in total. The first-order valence-corrected chi connectivity index (χ1v) is 7.54. The van der Waals surface area contributed by atoms with Crippen molar-refractivity contribution >= 4 is 33.2 Å². The van der Waals surface area contributed by atoms with Gasteiger partial charge in [-0.25, -0.2) is 0 Å².